The first-order chi connectivity index (χ1) is 30.5. The Morgan fingerprint density at radius 2 is 0.937 bits per heavy atom. The number of rotatable bonds is 16. The van der Waals surface area contributed by atoms with Crippen molar-refractivity contribution in [2.24, 2.45) is 0 Å². The Labute approximate surface area is 375 Å². The van der Waals surface area contributed by atoms with Gasteiger partial charge in [-0.3, -0.25) is 0 Å². The second-order valence-electron chi connectivity index (χ2n) is 14.8. The average Bonchev–Trinajstić information content (AvgIpc) is 3.50. The van der Waals surface area contributed by atoms with Gasteiger partial charge < -0.3 is 47.4 Å². The van der Waals surface area contributed by atoms with Gasteiger partial charge in [-0.25, -0.2) is 9.59 Å². The molecule has 0 unspecified atom stereocenters. The van der Waals surface area contributed by atoms with Crippen molar-refractivity contribution in [1.29, 1.82) is 0 Å². The molecule has 7 rings (SSSR count). The van der Waals surface area contributed by atoms with Crippen molar-refractivity contribution < 1.29 is 57.0 Å². The lowest BCUT2D eigenvalue weighted by molar-refractivity contribution is 0.0530. The van der Waals surface area contributed by atoms with Crippen molar-refractivity contribution in [3.63, 3.8) is 0 Å². The Morgan fingerprint density at radius 3 is 1.27 bits per heavy atom. The van der Waals surface area contributed by atoms with Gasteiger partial charge in [0.1, 0.15) is 34.1 Å². The number of esters is 2. The third-order valence-corrected chi connectivity index (χ3v) is 11.7. The minimum absolute atomic E-state index is 0.0424. The van der Waals surface area contributed by atoms with E-state index in [2.05, 4.69) is 0 Å². The van der Waals surface area contributed by atoms with Gasteiger partial charge in [0.05, 0.1) is 78.1 Å². The summed E-state index contributed by atoms with van der Waals surface area (Å²) >= 11 is 14.8. The van der Waals surface area contributed by atoms with Crippen LogP contribution in [0.2, 0.25) is 10.0 Å². The third kappa shape index (κ3) is 8.60. The van der Waals surface area contributed by atoms with E-state index in [0.29, 0.717) is 81.4 Å². The van der Waals surface area contributed by atoms with Crippen molar-refractivity contribution in [3.8, 4) is 45.6 Å². The Morgan fingerprint density at radius 1 is 0.571 bits per heavy atom. The first kappa shape index (κ1) is 45.1. The molecule has 0 fully saturated rings. The number of fused-ring (bicyclic) bond motifs is 7. The number of carbonyl (C=O) groups is 2. The summed E-state index contributed by atoms with van der Waals surface area (Å²) in [5, 5.41) is 1.83. The van der Waals surface area contributed by atoms with E-state index in [9.17, 15) is 9.59 Å². The van der Waals surface area contributed by atoms with E-state index in [1.807, 2.05) is 86.6 Å². The Hall–Kier alpha value is -5.92. The van der Waals surface area contributed by atoms with Crippen molar-refractivity contribution in [3.05, 3.63) is 116 Å². The first-order valence-corrected chi connectivity index (χ1v) is 20.9. The molecular weight excluding hydrogens is 851 g/mol. The van der Waals surface area contributed by atoms with Gasteiger partial charge in [-0.1, -0.05) is 83.9 Å². The molecule has 0 radical (unpaired) electrons. The summed E-state index contributed by atoms with van der Waals surface area (Å²) in [6, 6.07) is 23.5. The molecule has 1 heterocycles. The summed E-state index contributed by atoms with van der Waals surface area (Å²) in [6.07, 6.45) is 0.0862. The molecule has 0 aromatic heterocycles. The minimum Gasteiger partial charge on any atom is -0.495 e. The van der Waals surface area contributed by atoms with Crippen LogP contribution in [0.1, 0.15) is 56.8 Å². The number of ether oxygens (including phenoxy) is 10. The molecule has 330 valence electrons. The highest BCUT2D eigenvalue weighted by molar-refractivity contribution is 6.40. The first-order valence-electron chi connectivity index (χ1n) is 20.1. The van der Waals surface area contributed by atoms with Gasteiger partial charge in [-0.2, -0.15) is 0 Å². The zero-order valence-electron chi connectivity index (χ0n) is 36.3. The van der Waals surface area contributed by atoms with Crippen molar-refractivity contribution in [1.82, 2.24) is 0 Å². The van der Waals surface area contributed by atoms with Crippen LogP contribution in [0.4, 0.5) is 0 Å². The lowest BCUT2D eigenvalue weighted by Gasteiger charge is -2.25. The smallest absolute Gasteiger partial charge is 0.345 e. The highest BCUT2D eigenvalue weighted by Gasteiger charge is 2.39. The maximum atomic E-state index is 14.0. The quantitative estimate of drug-likeness (QED) is 0.0858. The maximum Gasteiger partial charge on any atom is 0.345 e. The lowest BCUT2D eigenvalue weighted by Crippen LogP contribution is -2.14. The van der Waals surface area contributed by atoms with E-state index in [1.165, 1.54) is 42.7 Å². The van der Waals surface area contributed by atoms with Crippen LogP contribution in [0, 0.1) is 0 Å². The third-order valence-electron chi connectivity index (χ3n) is 11.0. The summed E-state index contributed by atoms with van der Waals surface area (Å²) < 4.78 is 60.1. The van der Waals surface area contributed by atoms with E-state index in [4.69, 9.17) is 70.6 Å². The predicted octanol–water partition coefficient (Wildman–Crippen LogP) is 10.6. The van der Waals surface area contributed by atoms with Gasteiger partial charge in [0, 0.05) is 34.7 Å². The van der Waals surface area contributed by atoms with E-state index < -0.39 is 18.7 Å². The van der Waals surface area contributed by atoms with Crippen molar-refractivity contribution in [2.45, 2.75) is 52.1 Å². The van der Waals surface area contributed by atoms with Crippen LogP contribution in [-0.4, -0.2) is 73.6 Å². The highest BCUT2D eigenvalue weighted by atomic mass is 35.5. The Balaban J connectivity index is 1.57. The Kier molecular flexibility index (Phi) is 14.1. The molecule has 2 atom stereocenters. The number of benzene rings is 6. The summed E-state index contributed by atoms with van der Waals surface area (Å²) in [4.78, 5) is 28.0. The van der Waals surface area contributed by atoms with Gasteiger partial charge in [-0.05, 0) is 59.0 Å². The molecule has 14 heteroatoms. The molecule has 0 bridgehead atoms. The fourth-order valence-electron chi connectivity index (χ4n) is 8.18. The van der Waals surface area contributed by atoms with Crippen LogP contribution in [0.15, 0.2) is 72.8 Å². The van der Waals surface area contributed by atoms with E-state index >= 15 is 0 Å². The van der Waals surface area contributed by atoms with Crippen LogP contribution in [0.3, 0.4) is 0 Å². The minimum atomic E-state index is -0.786. The Bertz CT molecular complexity index is 2490. The SMILES string of the molecule is COC(=O)c1c2c(c3cc(C[C@@H](C)OCc4ccccc4)c(OC)c(Cl)c3c1OC)-c1c(c(C(=O)OC)c(OC)c3c(Cl)c(OC)c(C[C@@H](C)OCc4ccccc4)cc13)OCO2. The normalized spacial score (nSPS) is 12.9. The van der Waals surface area contributed by atoms with Crippen molar-refractivity contribution >= 4 is 56.7 Å². The van der Waals surface area contributed by atoms with Crippen LogP contribution < -0.4 is 28.4 Å². The molecule has 63 heavy (non-hydrogen) atoms. The molecule has 6 aromatic carbocycles. The van der Waals surface area contributed by atoms with Gasteiger partial charge in [0.15, 0.2) is 11.5 Å². The maximum absolute atomic E-state index is 14.0. The molecule has 0 N–H and O–H groups in total. The van der Waals surface area contributed by atoms with E-state index in [1.54, 1.807) is 0 Å². The lowest BCUT2D eigenvalue weighted by atomic mass is 9.85. The van der Waals surface area contributed by atoms with Crippen LogP contribution in [-0.2, 0) is 45.0 Å². The fourth-order valence-corrected chi connectivity index (χ4v) is 8.95. The second-order valence-corrected chi connectivity index (χ2v) is 15.6. The molecule has 0 saturated heterocycles. The molecule has 1 aliphatic heterocycles. The molecule has 0 saturated carbocycles. The van der Waals surface area contributed by atoms with Gasteiger partial charge in [0.2, 0.25) is 6.79 Å². The van der Waals surface area contributed by atoms with Gasteiger partial charge in [-0.15, -0.1) is 0 Å². The topological polar surface area (TPSA) is 126 Å². The number of hydrogen-bond acceptors (Lipinski definition) is 12. The number of hydrogen-bond donors (Lipinski definition) is 0. The number of methoxy groups -OCH3 is 6. The summed E-state index contributed by atoms with van der Waals surface area (Å²) in [5.74, 6) is -0.669. The van der Waals surface area contributed by atoms with Crippen LogP contribution >= 0.6 is 23.2 Å². The van der Waals surface area contributed by atoms with Crippen molar-refractivity contribution in [2.75, 3.05) is 49.5 Å². The summed E-state index contributed by atoms with van der Waals surface area (Å²) in [6.45, 7) is 4.21. The zero-order valence-corrected chi connectivity index (χ0v) is 37.8. The monoisotopic (exact) mass is 898 g/mol. The van der Waals surface area contributed by atoms with E-state index in [0.717, 1.165) is 11.1 Å². The second kappa shape index (κ2) is 19.6. The molecule has 1 aliphatic rings. The molecule has 0 amide bonds. The standard InChI is InChI=1S/C49H48Cl2O12/c1-26(60-23-28-15-11-9-12-16-28)19-30-21-32-34-35-33-22-31(20-27(2)61-24-29-17-13-10-14-18-29)43(55-4)41(51)37(33)45(57-6)39(49(53)59-8)47(35)63-25-62-46(34)38(48(52)58-7)44(56-5)36(32)40(50)42(30)54-3/h9-18,21-22,26-27H,19-20,23-25H2,1-8H3/t26-,27-/m1/s1. The van der Waals surface area contributed by atoms with Crippen LogP contribution in [0.25, 0.3) is 32.7 Å². The summed E-state index contributed by atoms with van der Waals surface area (Å²) in [7, 11) is 8.35. The summed E-state index contributed by atoms with van der Waals surface area (Å²) in [5.41, 5.74) is 3.86. The number of halogens is 2. The highest BCUT2D eigenvalue weighted by Crippen LogP contribution is 2.59. The average molecular weight is 900 g/mol. The fraction of sp³-hybridized carbons (Fsp3) is 0.306. The van der Waals surface area contributed by atoms with Gasteiger partial charge in [0.25, 0.3) is 0 Å². The molecule has 6 aromatic rings. The number of carbonyl (C=O) groups excluding carboxylic acids is 2. The molecule has 0 spiro atoms. The van der Waals surface area contributed by atoms with Gasteiger partial charge >= 0.3 is 11.9 Å². The van der Waals surface area contributed by atoms with E-state index in [-0.39, 0.29) is 56.4 Å². The molecule has 0 aliphatic carbocycles. The van der Waals surface area contributed by atoms with Crippen LogP contribution in [0.5, 0.6) is 34.5 Å². The largest absolute Gasteiger partial charge is 0.495 e. The molecule has 12 nitrogen and oxygen atoms in total. The zero-order chi connectivity index (χ0) is 44.9. The molecular formula is C49H48Cl2O12. The predicted molar refractivity (Wildman–Crippen MR) is 241 cm³/mol.